The first-order valence-corrected chi connectivity index (χ1v) is 4.52. The molecule has 1 rings (SSSR count). The number of nitrogen functional groups attached to an aromatic ring is 1. The van der Waals surface area contributed by atoms with E-state index in [0.29, 0.717) is 4.47 Å². The van der Waals surface area contributed by atoms with Crippen molar-refractivity contribution >= 4 is 21.6 Å². The fourth-order valence-corrected chi connectivity index (χ4v) is 1.28. The van der Waals surface area contributed by atoms with Gasteiger partial charge in [-0.05, 0) is 28.1 Å². The number of alkyl halides is 3. The van der Waals surface area contributed by atoms with Crippen LogP contribution in [0.3, 0.4) is 0 Å². The van der Waals surface area contributed by atoms with E-state index in [0.717, 1.165) is 6.07 Å². The number of nitrogens with two attached hydrogens (primary N) is 1. The van der Waals surface area contributed by atoms with Crippen molar-refractivity contribution in [3.05, 3.63) is 16.6 Å². The molecule has 0 amide bonds. The third-order valence-electron chi connectivity index (χ3n) is 1.54. The number of hydrogen-bond donors (Lipinski definition) is 1. The van der Waals surface area contributed by atoms with Gasteiger partial charge in [-0.3, -0.25) is 0 Å². The Morgan fingerprint density at radius 1 is 1.33 bits per heavy atom. The normalized spacial score (nSPS) is 11.3. The zero-order valence-electron chi connectivity index (χ0n) is 7.56. The van der Waals surface area contributed by atoms with Crippen LogP contribution < -0.4 is 15.2 Å². The van der Waals surface area contributed by atoms with E-state index in [9.17, 15) is 13.2 Å². The van der Waals surface area contributed by atoms with Crippen LogP contribution in [-0.4, -0.2) is 13.5 Å². The Hall–Kier alpha value is -1.11. The maximum absolute atomic E-state index is 12.0. The van der Waals surface area contributed by atoms with Gasteiger partial charge in [0.05, 0.1) is 12.8 Å². The lowest BCUT2D eigenvalue weighted by Gasteiger charge is -2.14. The molecule has 7 heteroatoms. The van der Waals surface area contributed by atoms with Gasteiger partial charge in [0.25, 0.3) is 0 Å². The van der Waals surface area contributed by atoms with Gasteiger partial charge in [0.15, 0.2) is 11.5 Å². The second-order valence-corrected chi connectivity index (χ2v) is 3.39. The van der Waals surface area contributed by atoms with Crippen LogP contribution in [0.4, 0.5) is 18.9 Å². The fourth-order valence-electron chi connectivity index (χ4n) is 0.971. The quantitative estimate of drug-likeness (QED) is 0.850. The highest BCUT2D eigenvalue weighted by Crippen LogP contribution is 2.40. The molecular weight excluding hydrogens is 279 g/mol. The van der Waals surface area contributed by atoms with Crippen LogP contribution in [0, 0.1) is 0 Å². The van der Waals surface area contributed by atoms with Gasteiger partial charge in [-0.2, -0.15) is 0 Å². The predicted octanol–water partition coefficient (Wildman–Crippen LogP) is 2.94. The average molecular weight is 286 g/mol. The Morgan fingerprint density at radius 2 is 1.93 bits per heavy atom. The molecule has 0 fully saturated rings. The van der Waals surface area contributed by atoms with Crippen LogP contribution in [-0.2, 0) is 0 Å². The summed E-state index contributed by atoms with van der Waals surface area (Å²) in [5.74, 6) is -0.618. The summed E-state index contributed by atoms with van der Waals surface area (Å²) < 4.78 is 44.8. The van der Waals surface area contributed by atoms with E-state index in [1.165, 1.54) is 13.2 Å². The summed E-state index contributed by atoms with van der Waals surface area (Å²) in [5.41, 5.74) is 5.55. The average Bonchev–Trinajstić information content (AvgIpc) is 2.10. The van der Waals surface area contributed by atoms with Crippen molar-refractivity contribution in [2.45, 2.75) is 6.36 Å². The van der Waals surface area contributed by atoms with E-state index < -0.39 is 12.1 Å². The molecule has 15 heavy (non-hydrogen) atoms. The van der Waals surface area contributed by atoms with Crippen molar-refractivity contribution in [1.82, 2.24) is 0 Å². The molecule has 0 aromatic heterocycles. The summed E-state index contributed by atoms with van der Waals surface area (Å²) in [7, 11) is 1.21. The summed E-state index contributed by atoms with van der Waals surface area (Å²) >= 11 is 3.06. The summed E-state index contributed by atoms with van der Waals surface area (Å²) in [6, 6.07) is 2.46. The standard InChI is InChI=1S/C8H7BrF3NO2/c1-14-7-5(15-8(10,11)12)3-2-4(9)6(7)13/h2-3H,13H2,1H3. The molecule has 0 aliphatic rings. The fraction of sp³-hybridized carbons (Fsp3) is 0.250. The van der Waals surface area contributed by atoms with Crippen molar-refractivity contribution in [2.24, 2.45) is 0 Å². The number of rotatable bonds is 2. The Labute approximate surface area is 92.1 Å². The SMILES string of the molecule is COc1c(OC(F)(F)F)ccc(Br)c1N. The summed E-state index contributed by atoms with van der Waals surface area (Å²) in [6.45, 7) is 0. The minimum Gasteiger partial charge on any atom is -0.491 e. The molecule has 0 saturated heterocycles. The van der Waals surface area contributed by atoms with E-state index in [4.69, 9.17) is 10.5 Å². The van der Waals surface area contributed by atoms with E-state index in [2.05, 4.69) is 20.7 Å². The smallest absolute Gasteiger partial charge is 0.491 e. The minimum absolute atomic E-state index is 0.0549. The molecule has 3 nitrogen and oxygen atoms in total. The highest BCUT2D eigenvalue weighted by molar-refractivity contribution is 9.10. The topological polar surface area (TPSA) is 44.5 Å². The largest absolute Gasteiger partial charge is 0.573 e. The van der Waals surface area contributed by atoms with Crippen LogP contribution in [0.15, 0.2) is 16.6 Å². The first-order valence-electron chi connectivity index (χ1n) is 3.73. The Kier molecular flexibility index (Phi) is 3.33. The Morgan fingerprint density at radius 3 is 2.40 bits per heavy atom. The molecule has 1 aromatic rings. The highest BCUT2D eigenvalue weighted by Gasteiger charge is 2.33. The molecule has 2 N–H and O–H groups in total. The van der Waals surface area contributed by atoms with Gasteiger partial charge in [0.1, 0.15) is 0 Å². The zero-order chi connectivity index (χ0) is 11.6. The van der Waals surface area contributed by atoms with E-state index in [-0.39, 0.29) is 11.4 Å². The molecule has 0 heterocycles. The molecule has 0 radical (unpaired) electrons. The number of anilines is 1. The van der Waals surface area contributed by atoms with Gasteiger partial charge in [0, 0.05) is 4.47 Å². The summed E-state index contributed by atoms with van der Waals surface area (Å²) in [6.07, 6.45) is -4.77. The number of hydrogen-bond acceptors (Lipinski definition) is 3. The number of ether oxygens (including phenoxy) is 2. The summed E-state index contributed by atoms with van der Waals surface area (Å²) in [4.78, 5) is 0. The monoisotopic (exact) mass is 285 g/mol. The highest BCUT2D eigenvalue weighted by atomic mass is 79.9. The third-order valence-corrected chi connectivity index (χ3v) is 2.23. The van der Waals surface area contributed by atoms with Crippen molar-refractivity contribution in [2.75, 3.05) is 12.8 Å². The zero-order valence-corrected chi connectivity index (χ0v) is 9.15. The van der Waals surface area contributed by atoms with Crippen LogP contribution in [0.1, 0.15) is 0 Å². The van der Waals surface area contributed by atoms with Crippen LogP contribution in [0.25, 0.3) is 0 Å². The van der Waals surface area contributed by atoms with Crippen LogP contribution in [0.2, 0.25) is 0 Å². The van der Waals surface area contributed by atoms with Crippen molar-refractivity contribution in [1.29, 1.82) is 0 Å². The first-order chi connectivity index (χ1) is 6.85. The number of benzene rings is 1. The molecular formula is C8H7BrF3NO2. The molecule has 0 spiro atoms. The molecule has 1 aromatic carbocycles. The van der Waals surface area contributed by atoms with Crippen molar-refractivity contribution < 1.29 is 22.6 Å². The van der Waals surface area contributed by atoms with E-state index >= 15 is 0 Å². The Bertz CT molecular complexity index is 368. The van der Waals surface area contributed by atoms with Gasteiger partial charge >= 0.3 is 6.36 Å². The maximum Gasteiger partial charge on any atom is 0.573 e. The van der Waals surface area contributed by atoms with Gasteiger partial charge in [-0.1, -0.05) is 0 Å². The lowest BCUT2D eigenvalue weighted by molar-refractivity contribution is -0.275. The molecule has 0 bridgehead atoms. The van der Waals surface area contributed by atoms with E-state index in [1.54, 1.807) is 0 Å². The Balaban J connectivity index is 3.14. The molecule has 0 aliphatic heterocycles. The van der Waals surface area contributed by atoms with Crippen LogP contribution in [0.5, 0.6) is 11.5 Å². The predicted molar refractivity (Wildman–Crippen MR) is 51.8 cm³/mol. The lowest BCUT2D eigenvalue weighted by Crippen LogP contribution is -2.17. The van der Waals surface area contributed by atoms with Crippen LogP contribution >= 0.6 is 15.9 Å². The summed E-state index contributed by atoms with van der Waals surface area (Å²) in [5, 5.41) is 0. The molecule has 0 unspecified atom stereocenters. The van der Waals surface area contributed by atoms with E-state index in [1.807, 2.05) is 0 Å². The third kappa shape index (κ3) is 2.92. The van der Waals surface area contributed by atoms with Gasteiger partial charge in [-0.15, -0.1) is 13.2 Å². The minimum atomic E-state index is -4.77. The molecule has 0 saturated carbocycles. The van der Waals surface area contributed by atoms with Gasteiger partial charge < -0.3 is 15.2 Å². The lowest BCUT2D eigenvalue weighted by atomic mass is 10.3. The number of halogens is 4. The molecule has 84 valence electrons. The second-order valence-electron chi connectivity index (χ2n) is 2.54. The molecule has 0 aliphatic carbocycles. The first kappa shape index (κ1) is 12.0. The van der Waals surface area contributed by atoms with Crippen molar-refractivity contribution in [3.8, 4) is 11.5 Å². The molecule has 0 atom stereocenters. The van der Waals surface area contributed by atoms with Gasteiger partial charge in [0.2, 0.25) is 0 Å². The number of methoxy groups -OCH3 is 1. The van der Waals surface area contributed by atoms with Gasteiger partial charge in [-0.25, -0.2) is 0 Å². The maximum atomic E-state index is 12.0. The second kappa shape index (κ2) is 4.18. The van der Waals surface area contributed by atoms with Crippen molar-refractivity contribution in [3.63, 3.8) is 0 Å².